The Balaban J connectivity index is 1.93. The number of benzene rings is 2. The molecular weight excluding hydrogens is 306 g/mol. The zero-order valence-corrected chi connectivity index (χ0v) is 14.2. The van der Waals surface area contributed by atoms with Crippen LogP contribution in [0.1, 0.15) is 12.0 Å². The van der Waals surface area contributed by atoms with Gasteiger partial charge in [0, 0.05) is 28.4 Å². The molecule has 1 atom stereocenters. The second kappa shape index (κ2) is 5.66. The first-order chi connectivity index (χ1) is 11.1. The zero-order chi connectivity index (χ0) is 16.0. The number of aryl methyl sites for hydroxylation is 1. The maximum absolute atomic E-state index is 6.17. The van der Waals surface area contributed by atoms with E-state index in [-0.39, 0.29) is 0 Å². The lowest BCUT2D eigenvalue weighted by molar-refractivity contribution is 0.414. The number of fused-ring (bicyclic) bond motifs is 2. The molecule has 2 aromatic carbocycles. The fourth-order valence-corrected chi connectivity index (χ4v) is 3.61. The molecular formula is C19H20ClN3. The molecule has 0 bridgehead atoms. The average Bonchev–Trinajstić information content (AvgIpc) is 2.92. The second-order valence-electron chi connectivity index (χ2n) is 6.56. The van der Waals surface area contributed by atoms with Crippen molar-refractivity contribution in [1.82, 2.24) is 9.88 Å². The molecule has 1 N–H and O–H groups in total. The van der Waals surface area contributed by atoms with Crippen molar-refractivity contribution in [3.8, 4) is 0 Å². The van der Waals surface area contributed by atoms with Gasteiger partial charge in [0.1, 0.15) is 0 Å². The number of pyridine rings is 1. The predicted molar refractivity (Wildman–Crippen MR) is 98.5 cm³/mol. The Hall–Kier alpha value is -1.84. The Morgan fingerprint density at radius 3 is 2.78 bits per heavy atom. The third kappa shape index (κ3) is 2.75. The molecule has 0 saturated carbocycles. The van der Waals surface area contributed by atoms with Crippen molar-refractivity contribution in [2.45, 2.75) is 19.4 Å². The van der Waals surface area contributed by atoms with E-state index in [1.54, 1.807) is 0 Å². The quantitative estimate of drug-likeness (QED) is 0.705. The molecule has 1 aromatic heterocycles. The molecule has 0 spiro atoms. The van der Waals surface area contributed by atoms with Gasteiger partial charge in [0.05, 0.1) is 16.7 Å². The van der Waals surface area contributed by atoms with E-state index in [2.05, 4.69) is 48.5 Å². The minimum Gasteiger partial charge on any atom is -0.380 e. The molecule has 1 aliphatic heterocycles. The van der Waals surface area contributed by atoms with Crippen LogP contribution in [0.15, 0.2) is 36.4 Å². The van der Waals surface area contributed by atoms with Crippen LogP contribution < -0.4 is 5.32 Å². The van der Waals surface area contributed by atoms with Crippen molar-refractivity contribution >= 4 is 39.1 Å². The number of nitrogens with zero attached hydrogens (tertiary/aromatic N) is 2. The average molecular weight is 326 g/mol. The van der Waals surface area contributed by atoms with Crippen LogP contribution in [-0.2, 0) is 0 Å². The summed E-state index contributed by atoms with van der Waals surface area (Å²) in [5, 5.41) is 6.83. The number of likely N-dealkylation sites (N-methyl/N-ethyl adjacent to an activating group) is 1. The molecule has 1 aliphatic rings. The summed E-state index contributed by atoms with van der Waals surface area (Å²) in [6.07, 6.45) is 1.17. The molecule has 0 radical (unpaired) electrons. The first-order valence-electron chi connectivity index (χ1n) is 8.05. The summed E-state index contributed by atoms with van der Waals surface area (Å²) < 4.78 is 0. The van der Waals surface area contributed by atoms with E-state index < -0.39 is 0 Å². The van der Waals surface area contributed by atoms with E-state index in [0.29, 0.717) is 6.04 Å². The van der Waals surface area contributed by atoms with Gasteiger partial charge in [-0.3, -0.25) is 0 Å². The van der Waals surface area contributed by atoms with E-state index in [1.165, 1.54) is 23.1 Å². The Bertz CT molecular complexity index is 891. The van der Waals surface area contributed by atoms with Crippen molar-refractivity contribution in [1.29, 1.82) is 0 Å². The highest BCUT2D eigenvalue weighted by Crippen LogP contribution is 2.33. The van der Waals surface area contributed by atoms with Crippen LogP contribution in [-0.4, -0.2) is 36.1 Å². The smallest absolute Gasteiger partial charge is 0.0745 e. The Kier molecular flexibility index (Phi) is 3.63. The van der Waals surface area contributed by atoms with E-state index in [0.717, 1.165) is 34.5 Å². The number of anilines is 1. The summed E-state index contributed by atoms with van der Waals surface area (Å²) in [7, 11) is 2.17. The van der Waals surface area contributed by atoms with Gasteiger partial charge >= 0.3 is 0 Å². The van der Waals surface area contributed by atoms with Gasteiger partial charge in [0.25, 0.3) is 0 Å². The second-order valence-corrected chi connectivity index (χ2v) is 7.00. The monoisotopic (exact) mass is 325 g/mol. The fourth-order valence-electron chi connectivity index (χ4n) is 3.44. The Morgan fingerprint density at radius 1 is 1.13 bits per heavy atom. The van der Waals surface area contributed by atoms with Gasteiger partial charge in [-0.15, -0.1) is 0 Å². The highest BCUT2D eigenvalue weighted by Gasteiger charge is 2.21. The van der Waals surface area contributed by atoms with E-state index in [4.69, 9.17) is 16.6 Å². The molecule has 23 heavy (non-hydrogen) atoms. The molecule has 3 nitrogen and oxygen atoms in total. The Morgan fingerprint density at radius 2 is 2.00 bits per heavy atom. The SMILES string of the molecule is Cc1ccc2nc3cc(Cl)ccc3c(NC3CCN(C)C3)c2c1. The largest absolute Gasteiger partial charge is 0.380 e. The van der Waals surface area contributed by atoms with Crippen molar-refractivity contribution in [3.63, 3.8) is 0 Å². The summed E-state index contributed by atoms with van der Waals surface area (Å²) in [6.45, 7) is 4.34. The minimum atomic E-state index is 0.477. The lowest BCUT2D eigenvalue weighted by atomic mass is 10.0. The molecule has 0 amide bonds. The molecule has 1 unspecified atom stereocenters. The van der Waals surface area contributed by atoms with Crippen molar-refractivity contribution in [2.24, 2.45) is 0 Å². The number of halogens is 1. The summed E-state index contributed by atoms with van der Waals surface area (Å²) >= 11 is 6.17. The molecule has 1 saturated heterocycles. The van der Waals surface area contributed by atoms with Gasteiger partial charge in [-0.25, -0.2) is 4.98 Å². The lowest BCUT2D eigenvalue weighted by Gasteiger charge is -2.18. The zero-order valence-electron chi connectivity index (χ0n) is 13.4. The number of rotatable bonds is 2. The minimum absolute atomic E-state index is 0.477. The van der Waals surface area contributed by atoms with E-state index in [1.807, 2.05) is 12.1 Å². The topological polar surface area (TPSA) is 28.2 Å². The molecule has 1 fully saturated rings. The summed E-state index contributed by atoms with van der Waals surface area (Å²) in [4.78, 5) is 7.16. The van der Waals surface area contributed by atoms with Crippen LogP contribution in [0.4, 0.5) is 5.69 Å². The third-order valence-corrected chi connectivity index (χ3v) is 4.87. The number of nitrogens with one attached hydrogen (secondary N) is 1. The number of likely N-dealkylation sites (tertiary alicyclic amines) is 1. The number of hydrogen-bond acceptors (Lipinski definition) is 3. The van der Waals surface area contributed by atoms with E-state index >= 15 is 0 Å². The molecule has 2 heterocycles. The maximum Gasteiger partial charge on any atom is 0.0745 e. The van der Waals surface area contributed by atoms with Crippen molar-refractivity contribution in [3.05, 3.63) is 47.0 Å². The molecule has 4 heteroatoms. The molecule has 0 aliphatic carbocycles. The van der Waals surface area contributed by atoms with Gasteiger partial charge < -0.3 is 10.2 Å². The standard InChI is InChI=1S/C19H20ClN3/c1-12-3-6-17-16(9-12)19(21-14-7-8-23(2)11-14)15-5-4-13(20)10-18(15)22-17/h3-6,9-10,14H,7-8,11H2,1-2H3,(H,21,22). The van der Waals surface area contributed by atoms with Crippen LogP contribution >= 0.6 is 11.6 Å². The molecule has 118 valence electrons. The van der Waals surface area contributed by atoms with Gasteiger partial charge in [0.15, 0.2) is 0 Å². The van der Waals surface area contributed by atoms with Crippen LogP contribution in [0, 0.1) is 6.92 Å². The van der Waals surface area contributed by atoms with Gasteiger partial charge in [0.2, 0.25) is 0 Å². The fraction of sp³-hybridized carbons (Fsp3) is 0.316. The van der Waals surface area contributed by atoms with E-state index in [9.17, 15) is 0 Å². The van der Waals surface area contributed by atoms with Crippen LogP contribution in [0.2, 0.25) is 5.02 Å². The normalized spacial score (nSPS) is 18.8. The summed E-state index contributed by atoms with van der Waals surface area (Å²) in [5.74, 6) is 0. The van der Waals surface area contributed by atoms with Crippen LogP contribution in [0.25, 0.3) is 21.8 Å². The first-order valence-corrected chi connectivity index (χ1v) is 8.43. The van der Waals surface area contributed by atoms with Crippen molar-refractivity contribution in [2.75, 3.05) is 25.5 Å². The maximum atomic E-state index is 6.17. The van der Waals surface area contributed by atoms with Gasteiger partial charge in [-0.2, -0.15) is 0 Å². The van der Waals surface area contributed by atoms with Crippen LogP contribution in [0.5, 0.6) is 0 Å². The molecule has 3 aromatic rings. The van der Waals surface area contributed by atoms with Crippen LogP contribution in [0.3, 0.4) is 0 Å². The Labute approximate surface area is 141 Å². The number of aromatic nitrogens is 1. The van der Waals surface area contributed by atoms with Crippen molar-refractivity contribution < 1.29 is 0 Å². The van der Waals surface area contributed by atoms with Gasteiger partial charge in [-0.1, -0.05) is 23.2 Å². The predicted octanol–water partition coefficient (Wildman–Crippen LogP) is 4.47. The van der Waals surface area contributed by atoms with Gasteiger partial charge in [-0.05, 0) is 57.3 Å². The third-order valence-electron chi connectivity index (χ3n) is 4.63. The molecule has 4 rings (SSSR count). The first kappa shape index (κ1) is 14.7. The highest BCUT2D eigenvalue weighted by atomic mass is 35.5. The summed E-state index contributed by atoms with van der Waals surface area (Å²) in [5.41, 5.74) is 4.40. The highest BCUT2D eigenvalue weighted by molar-refractivity contribution is 6.31. The summed E-state index contributed by atoms with van der Waals surface area (Å²) in [6, 6.07) is 12.9. The number of hydrogen-bond donors (Lipinski definition) is 1. The lowest BCUT2D eigenvalue weighted by Crippen LogP contribution is -2.23.